The van der Waals surface area contributed by atoms with Gasteiger partial charge in [0.1, 0.15) is 6.61 Å². The molecule has 1 aliphatic carbocycles. The van der Waals surface area contributed by atoms with Gasteiger partial charge in [0.25, 0.3) is 5.09 Å². The van der Waals surface area contributed by atoms with E-state index in [9.17, 15) is 19.7 Å². The minimum Gasteiger partial charge on any atom is -0.309 e. The third-order valence-corrected chi connectivity index (χ3v) is 3.33. The molecule has 0 fully saturated rings. The second-order valence-corrected chi connectivity index (χ2v) is 4.58. The van der Waals surface area contributed by atoms with Gasteiger partial charge in [-0.25, -0.2) is 0 Å². The van der Waals surface area contributed by atoms with Crippen molar-refractivity contribution in [3.05, 3.63) is 80.4 Å². The standard InChI is InChI=1S/C15H9NO5/c17-14-10-3-1-2-4-11(10)15(18)13-7-9(5-6-12(13)14)8-21-16(19)20/h1-7H,8H2. The largest absolute Gasteiger partial charge is 0.309 e. The molecule has 0 N–H and O–H groups in total. The summed E-state index contributed by atoms with van der Waals surface area (Å²) in [6, 6.07) is 11.1. The molecule has 0 heterocycles. The second kappa shape index (κ2) is 4.82. The van der Waals surface area contributed by atoms with Gasteiger partial charge in [-0.05, 0) is 17.7 Å². The molecule has 3 rings (SSSR count). The van der Waals surface area contributed by atoms with Gasteiger partial charge in [0.2, 0.25) is 0 Å². The minimum atomic E-state index is -0.901. The SMILES string of the molecule is O=C1c2ccccc2C(=O)c2cc(CO[N+](=O)[O-])ccc21. The normalized spacial score (nSPS) is 12.6. The molecule has 0 saturated heterocycles. The Morgan fingerprint density at radius 1 is 0.905 bits per heavy atom. The maximum absolute atomic E-state index is 12.4. The molecule has 0 unspecified atom stereocenters. The third-order valence-electron chi connectivity index (χ3n) is 3.33. The summed E-state index contributed by atoms with van der Waals surface area (Å²) in [5, 5.41) is 9.30. The van der Waals surface area contributed by atoms with E-state index in [1.54, 1.807) is 30.3 Å². The molecule has 0 aromatic heterocycles. The van der Waals surface area contributed by atoms with Crippen LogP contribution in [0.4, 0.5) is 0 Å². The summed E-state index contributed by atoms with van der Waals surface area (Å²) in [6.07, 6.45) is 0. The van der Waals surface area contributed by atoms with Crippen LogP contribution in [0.5, 0.6) is 0 Å². The van der Waals surface area contributed by atoms with Gasteiger partial charge in [0, 0.05) is 22.3 Å². The summed E-state index contributed by atoms with van der Waals surface area (Å²) in [5.41, 5.74) is 1.75. The molecule has 0 aliphatic heterocycles. The van der Waals surface area contributed by atoms with E-state index in [0.717, 1.165) is 0 Å². The number of hydrogen-bond donors (Lipinski definition) is 0. The van der Waals surface area contributed by atoms with E-state index >= 15 is 0 Å². The monoisotopic (exact) mass is 283 g/mol. The lowest BCUT2D eigenvalue weighted by Crippen LogP contribution is -2.21. The van der Waals surface area contributed by atoms with Crippen molar-refractivity contribution in [3.8, 4) is 0 Å². The topological polar surface area (TPSA) is 86.5 Å². The van der Waals surface area contributed by atoms with Gasteiger partial charge in [-0.1, -0.05) is 30.3 Å². The van der Waals surface area contributed by atoms with Crippen LogP contribution < -0.4 is 0 Å². The van der Waals surface area contributed by atoms with Crippen LogP contribution in [0.25, 0.3) is 0 Å². The van der Waals surface area contributed by atoms with Gasteiger partial charge in [-0.3, -0.25) is 9.59 Å². The number of rotatable bonds is 3. The van der Waals surface area contributed by atoms with E-state index < -0.39 is 5.09 Å². The van der Waals surface area contributed by atoms with Crippen molar-refractivity contribution in [3.63, 3.8) is 0 Å². The van der Waals surface area contributed by atoms with Crippen LogP contribution in [0, 0.1) is 10.1 Å². The Labute approximate surface area is 119 Å². The lowest BCUT2D eigenvalue weighted by molar-refractivity contribution is -0.763. The van der Waals surface area contributed by atoms with Crippen LogP contribution in [0.2, 0.25) is 0 Å². The average Bonchev–Trinajstić information content (AvgIpc) is 2.50. The summed E-state index contributed by atoms with van der Waals surface area (Å²) in [6.45, 7) is -0.261. The molecular formula is C15H9NO5. The molecule has 0 bridgehead atoms. The quantitative estimate of drug-likeness (QED) is 0.543. The molecule has 2 aromatic rings. The van der Waals surface area contributed by atoms with E-state index in [4.69, 9.17) is 0 Å². The minimum absolute atomic E-state index is 0.220. The molecule has 2 aromatic carbocycles. The average molecular weight is 283 g/mol. The van der Waals surface area contributed by atoms with E-state index in [1.807, 2.05) is 0 Å². The molecule has 1 aliphatic rings. The Morgan fingerprint density at radius 2 is 1.48 bits per heavy atom. The van der Waals surface area contributed by atoms with Crippen molar-refractivity contribution in [1.29, 1.82) is 0 Å². The highest BCUT2D eigenvalue weighted by molar-refractivity contribution is 6.28. The highest BCUT2D eigenvalue weighted by Crippen LogP contribution is 2.27. The van der Waals surface area contributed by atoms with E-state index in [2.05, 4.69) is 4.84 Å². The molecule has 0 atom stereocenters. The van der Waals surface area contributed by atoms with E-state index in [0.29, 0.717) is 22.3 Å². The van der Waals surface area contributed by atoms with Gasteiger partial charge >= 0.3 is 0 Å². The Hall–Kier alpha value is -3.02. The number of fused-ring (bicyclic) bond motifs is 2. The predicted molar refractivity (Wildman–Crippen MR) is 71.5 cm³/mol. The molecular weight excluding hydrogens is 274 g/mol. The lowest BCUT2D eigenvalue weighted by atomic mass is 9.83. The Morgan fingerprint density at radius 3 is 2.10 bits per heavy atom. The predicted octanol–water partition coefficient (Wildman–Crippen LogP) is 2.17. The van der Waals surface area contributed by atoms with Gasteiger partial charge in [0.05, 0.1) is 0 Å². The summed E-state index contributed by atoms with van der Waals surface area (Å²) in [4.78, 5) is 39.2. The summed E-state index contributed by atoms with van der Waals surface area (Å²) < 4.78 is 0. The zero-order valence-corrected chi connectivity index (χ0v) is 10.7. The Kier molecular flexibility index (Phi) is 2.98. The number of hydrogen-bond acceptors (Lipinski definition) is 5. The molecule has 0 spiro atoms. The molecule has 6 nitrogen and oxygen atoms in total. The van der Waals surface area contributed by atoms with Crippen LogP contribution in [-0.2, 0) is 11.4 Å². The Balaban J connectivity index is 2.04. The fourth-order valence-corrected chi connectivity index (χ4v) is 2.36. The van der Waals surface area contributed by atoms with Crippen LogP contribution in [0.1, 0.15) is 37.4 Å². The highest BCUT2D eigenvalue weighted by atomic mass is 16.9. The van der Waals surface area contributed by atoms with Gasteiger partial charge in [0.15, 0.2) is 11.6 Å². The first-order chi connectivity index (χ1) is 10.1. The number of nitrogens with zero attached hydrogens (tertiary/aromatic N) is 1. The van der Waals surface area contributed by atoms with Gasteiger partial charge in [-0.15, -0.1) is 10.1 Å². The smallest absolute Gasteiger partial charge is 0.294 e. The first-order valence-electron chi connectivity index (χ1n) is 6.16. The molecule has 0 amide bonds. The highest BCUT2D eigenvalue weighted by Gasteiger charge is 2.29. The van der Waals surface area contributed by atoms with Crippen LogP contribution in [0.3, 0.4) is 0 Å². The maximum atomic E-state index is 12.4. The number of benzene rings is 2. The fraction of sp³-hybridized carbons (Fsp3) is 0.0667. The van der Waals surface area contributed by atoms with Gasteiger partial charge in [-0.2, -0.15) is 0 Å². The van der Waals surface area contributed by atoms with Crippen LogP contribution in [0.15, 0.2) is 42.5 Å². The fourth-order valence-electron chi connectivity index (χ4n) is 2.36. The number of carbonyl (C=O) groups excluding carboxylic acids is 2. The number of ketones is 2. The second-order valence-electron chi connectivity index (χ2n) is 4.58. The summed E-state index contributed by atoms with van der Waals surface area (Å²) in [7, 11) is 0. The van der Waals surface area contributed by atoms with Crippen LogP contribution in [-0.4, -0.2) is 16.7 Å². The first-order valence-corrected chi connectivity index (χ1v) is 6.16. The van der Waals surface area contributed by atoms with Crippen molar-refractivity contribution in [2.75, 3.05) is 0 Å². The molecule has 21 heavy (non-hydrogen) atoms. The van der Waals surface area contributed by atoms with Crippen LogP contribution >= 0.6 is 0 Å². The van der Waals surface area contributed by atoms with Crippen molar-refractivity contribution in [2.45, 2.75) is 6.61 Å². The first kappa shape index (κ1) is 13.0. The van der Waals surface area contributed by atoms with Crippen molar-refractivity contribution in [1.82, 2.24) is 0 Å². The van der Waals surface area contributed by atoms with Crippen molar-refractivity contribution < 1.29 is 19.5 Å². The Bertz CT molecular complexity index is 781. The summed E-state index contributed by atoms with van der Waals surface area (Å²) in [5.74, 6) is -0.481. The molecule has 104 valence electrons. The molecule has 0 radical (unpaired) electrons. The number of carbonyl (C=O) groups is 2. The van der Waals surface area contributed by atoms with Crippen molar-refractivity contribution in [2.24, 2.45) is 0 Å². The molecule has 0 saturated carbocycles. The maximum Gasteiger partial charge on any atom is 0.294 e. The summed E-state index contributed by atoms with van der Waals surface area (Å²) >= 11 is 0. The molecule has 6 heteroatoms. The lowest BCUT2D eigenvalue weighted by Gasteiger charge is -2.17. The third kappa shape index (κ3) is 2.16. The van der Waals surface area contributed by atoms with Gasteiger partial charge < -0.3 is 4.84 Å². The van der Waals surface area contributed by atoms with Crippen molar-refractivity contribution >= 4 is 11.6 Å². The zero-order chi connectivity index (χ0) is 15.0. The van der Waals surface area contributed by atoms with E-state index in [1.165, 1.54) is 12.1 Å². The zero-order valence-electron chi connectivity index (χ0n) is 10.7. The van der Waals surface area contributed by atoms with E-state index in [-0.39, 0.29) is 23.7 Å².